The van der Waals surface area contributed by atoms with Gasteiger partial charge in [-0.05, 0) is 17.7 Å². The maximum Gasteiger partial charge on any atom is 0.328 e. The summed E-state index contributed by atoms with van der Waals surface area (Å²) in [4.78, 5) is 24.8. The van der Waals surface area contributed by atoms with E-state index in [4.69, 9.17) is 21.7 Å². The van der Waals surface area contributed by atoms with Crippen molar-refractivity contribution in [2.75, 3.05) is 0 Å². The molecule has 4 rings (SSSR count). The van der Waals surface area contributed by atoms with Gasteiger partial charge in [-0.25, -0.2) is 19.7 Å². The van der Waals surface area contributed by atoms with Crippen LogP contribution in [0, 0.1) is 0 Å². The molecule has 3 heterocycles. The third kappa shape index (κ3) is 2.77. The maximum absolute atomic E-state index is 10.7. The molecular weight excluding hydrogens is 360 g/mol. The van der Waals surface area contributed by atoms with Crippen molar-refractivity contribution < 1.29 is 9.90 Å². The zero-order chi connectivity index (χ0) is 17.6. The highest BCUT2D eigenvalue weighted by atomic mass is 35.5. The fourth-order valence-electron chi connectivity index (χ4n) is 2.61. The average Bonchev–Trinajstić information content (AvgIpc) is 3.17. The van der Waals surface area contributed by atoms with E-state index in [1.807, 2.05) is 35.9 Å². The molecule has 3 aromatic heterocycles. The topological polar surface area (TPSA) is 80.9 Å². The van der Waals surface area contributed by atoms with Crippen LogP contribution < -0.4 is 0 Å². The molecule has 1 N–H and O–H groups in total. The fourth-order valence-corrected chi connectivity index (χ4v) is 3.82. The second-order valence-electron chi connectivity index (χ2n) is 5.43. The summed E-state index contributed by atoms with van der Waals surface area (Å²) in [5, 5.41) is 9.91. The van der Waals surface area contributed by atoms with Crippen LogP contribution in [0.15, 0.2) is 36.7 Å². The van der Waals surface area contributed by atoms with Crippen molar-refractivity contribution in [3.05, 3.63) is 47.4 Å². The molecule has 0 unspecified atom stereocenters. The molecule has 8 heteroatoms. The lowest BCUT2D eigenvalue weighted by Crippen LogP contribution is -1.88. The quantitative estimate of drug-likeness (QED) is 0.435. The number of carbonyl (C=O) groups is 1. The summed E-state index contributed by atoms with van der Waals surface area (Å²) in [6.45, 7) is 0. The summed E-state index contributed by atoms with van der Waals surface area (Å²) in [5.41, 5.74) is 3.91. The number of aryl methyl sites for hydroxylation is 1. The highest BCUT2D eigenvalue weighted by Crippen LogP contribution is 2.35. The Kier molecular flexibility index (Phi) is 3.74. The summed E-state index contributed by atoms with van der Waals surface area (Å²) in [5.74, 6) is -0.983. The van der Waals surface area contributed by atoms with Crippen molar-refractivity contribution >= 4 is 56.4 Å². The number of aliphatic carboxylic acids is 1. The van der Waals surface area contributed by atoms with E-state index in [0.29, 0.717) is 10.7 Å². The van der Waals surface area contributed by atoms with Gasteiger partial charge in [0.2, 0.25) is 0 Å². The predicted octanol–water partition coefficient (Wildman–Crippen LogP) is 4.00. The minimum absolute atomic E-state index is 0.358. The maximum atomic E-state index is 10.7. The van der Waals surface area contributed by atoms with Crippen LogP contribution in [-0.4, -0.2) is 30.6 Å². The molecule has 0 spiro atoms. The molecule has 0 atom stereocenters. The Morgan fingerprint density at radius 2 is 2.16 bits per heavy atom. The van der Waals surface area contributed by atoms with Crippen molar-refractivity contribution in [2.45, 2.75) is 0 Å². The molecule has 0 radical (unpaired) electrons. The monoisotopic (exact) mass is 370 g/mol. The number of fused-ring (bicyclic) bond motifs is 3. The van der Waals surface area contributed by atoms with Crippen molar-refractivity contribution in [2.24, 2.45) is 7.05 Å². The Morgan fingerprint density at radius 3 is 2.96 bits per heavy atom. The van der Waals surface area contributed by atoms with Gasteiger partial charge in [-0.2, -0.15) is 0 Å². The van der Waals surface area contributed by atoms with Crippen molar-refractivity contribution in [3.63, 3.8) is 0 Å². The first kappa shape index (κ1) is 15.7. The van der Waals surface area contributed by atoms with Gasteiger partial charge in [0.05, 0.1) is 6.33 Å². The lowest BCUT2D eigenvalue weighted by atomic mass is 10.1. The van der Waals surface area contributed by atoms with E-state index in [0.717, 1.165) is 38.1 Å². The second-order valence-corrected chi connectivity index (χ2v) is 6.76. The summed E-state index contributed by atoms with van der Waals surface area (Å²) in [6, 6.07) is 7.52. The first-order valence-corrected chi connectivity index (χ1v) is 8.51. The summed E-state index contributed by atoms with van der Waals surface area (Å²) >= 11 is 7.66. The standard InChI is InChI=1S/C17H11ClN4O2S/c1-22-8-19-12-14(22)13-17(21-15(12)18)25-16(20-13)10-4-2-3-9(7-10)5-6-11(23)24/h2-8H,1H3,(H,23,24)/b6-5+. The summed E-state index contributed by atoms with van der Waals surface area (Å²) in [7, 11) is 1.89. The number of carboxylic acid groups (broad SMARTS) is 1. The minimum atomic E-state index is -0.983. The second kappa shape index (κ2) is 5.94. The third-order valence-corrected chi connectivity index (χ3v) is 4.98. The van der Waals surface area contributed by atoms with E-state index in [1.165, 1.54) is 11.3 Å². The zero-order valence-corrected chi connectivity index (χ0v) is 14.5. The molecule has 0 saturated heterocycles. The van der Waals surface area contributed by atoms with Gasteiger partial charge >= 0.3 is 5.97 Å². The van der Waals surface area contributed by atoms with E-state index in [-0.39, 0.29) is 0 Å². The lowest BCUT2D eigenvalue weighted by molar-refractivity contribution is -0.131. The normalized spacial score (nSPS) is 11.8. The van der Waals surface area contributed by atoms with Crippen LogP contribution >= 0.6 is 22.9 Å². The van der Waals surface area contributed by atoms with Gasteiger partial charge in [0.1, 0.15) is 26.4 Å². The number of hydrogen-bond donors (Lipinski definition) is 1. The SMILES string of the molecule is Cn1cnc2c(Cl)nc3sc(-c4cccc(/C=C/C(=O)O)c4)nc3c21. The molecular formula is C17H11ClN4O2S. The van der Waals surface area contributed by atoms with Crippen molar-refractivity contribution in [3.8, 4) is 10.6 Å². The van der Waals surface area contributed by atoms with Crippen LogP contribution in [0.25, 0.3) is 38.0 Å². The number of carboxylic acids is 1. The number of halogens is 1. The number of benzene rings is 1. The van der Waals surface area contributed by atoms with Crippen LogP contribution in [-0.2, 0) is 11.8 Å². The molecule has 124 valence electrons. The number of imidazole rings is 1. The molecule has 4 aromatic rings. The molecule has 0 amide bonds. The Labute approximate surface area is 151 Å². The Hall–Kier alpha value is -2.77. The summed E-state index contributed by atoms with van der Waals surface area (Å²) in [6.07, 6.45) is 4.35. The van der Waals surface area contributed by atoms with Gasteiger partial charge in [-0.3, -0.25) is 0 Å². The third-order valence-electron chi connectivity index (χ3n) is 3.72. The predicted molar refractivity (Wildman–Crippen MR) is 98.8 cm³/mol. The van der Waals surface area contributed by atoms with Gasteiger partial charge in [-0.1, -0.05) is 41.1 Å². The molecule has 0 fully saturated rings. The van der Waals surface area contributed by atoms with E-state index in [9.17, 15) is 4.79 Å². The molecule has 25 heavy (non-hydrogen) atoms. The van der Waals surface area contributed by atoms with Crippen molar-refractivity contribution in [1.82, 2.24) is 19.5 Å². The van der Waals surface area contributed by atoms with Crippen LogP contribution in [0.2, 0.25) is 5.15 Å². The molecule has 6 nitrogen and oxygen atoms in total. The minimum Gasteiger partial charge on any atom is -0.478 e. The van der Waals surface area contributed by atoms with Crippen LogP contribution in [0.5, 0.6) is 0 Å². The van der Waals surface area contributed by atoms with Crippen molar-refractivity contribution in [1.29, 1.82) is 0 Å². The number of hydrogen-bond acceptors (Lipinski definition) is 5. The summed E-state index contributed by atoms with van der Waals surface area (Å²) < 4.78 is 1.88. The van der Waals surface area contributed by atoms with E-state index >= 15 is 0 Å². The first-order valence-electron chi connectivity index (χ1n) is 7.31. The highest BCUT2D eigenvalue weighted by Gasteiger charge is 2.16. The zero-order valence-electron chi connectivity index (χ0n) is 13.0. The first-order chi connectivity index (χ1) is 12.0. The lowest BCUT2D eigenvalue weighted by Gasteiger charge is -1.98. The van der Waals surface area contributed by atoms with E-state index in [1.54, 1.807) is 12.4 Å². The Balaban J connectivity index is 1.88. The van der Waals surface area contributed by atoms with Gasteiger partial charge < -0.3 is 9.67 Å². The Bertz CT molecular complexity index is 1160. The molecule has 1 aromatic carbocycles. The number of pyridine rings is 1. The smallest absolute Gasteiger partial charge is 0.328 e. The largest absolute Gasteiger partial charge is 0.478 e. The fraction of sp³-hybridized carbons (Fsp3) is 0.0588. The van der Waals surface area contributed by atoms with Gasteiger partial charge in [0, 0.05) is 18.7 Å². The highest BCUT2D eigenvalue weighted by molar-refractivity contribution is 7.21. The molecule has 0 bridgehead atoms. The van der Waals surface area contributed by atoms with Gasteiger partial charge in [-0.15, -0.1) is 0 Å². The number of aromatic nitrogens is 4. The Morgan fingerprint density at radius 1 is 1.32 bits per heavy atom. The van der Waals surface area contributed by atoms with Crippen LogP contribution in [0.3, 0.4) is 0 Å². The number of thiazole rings is 1. The van der Waals surface area contributed by atoms with Gasteiger partial charge in [0.25, 0.3) is 0 Å². The molecule has 0 aliphatic rings. The average molecular weight is 371 g/mol. The van der Waals surface area contributed by atoms with Crippen LogP contribution in [0.4, 0.5) is 0 Å². The van der Waals surface area contributed by atoms with E-state index in [2.05, 4.69) is 9.97 Å². The van der Waals surface area contributed by atoms with Gasteiger partial charge in [0.15, 0.2) is 5.15 Å². The van der Waals surface area contributed by atoms with E-state index < -0.39 is 5.97 Å². The molecule has 0 aliphatic heterocycles. The number of nitrogens with zero attached hydrogens (tertiary/aromatic N) is 4. The molecule has 0 aliphatic carbocycles. The van der Waals surface area contributed by atoms with Crippen LogP contribution in [0.1, 0.15) is 5.56 Å². The number of rotatable bonds is 3. The molecule has 0 saturated carbocycles.